The van der Waals surface area contributed by atoms with Gasteiger partial charge in [-0.15, -0.1) is 0 Å². The van der Waals surface area contributed by atoms with E-state index < -0.39 is 0 Å². The molecule has 1 rings (SSSR count). The summed E-state index contributed by atoms with van der Waals surface area (Å²) in [5.41, 5.74) is 1.10. The molecule has 0 heterocycles. The van der Waals surface area contributed by atoms with Crippen LogP contribution in [-0.2, 0) is 0 Å². The normalized spacial score (nSPS) is 20.1. The molecule has 0 fully saturated rings. The van der Waals surface area contributed by atoms with Gasteiger partial charge in [-0.05, 0) is 31.4 Å². The first-order valence-electron chi connectivity index (χ1n) is 2.91. The zero-order chi connectivity index (χ0) is 6.85. The standard InChI is InChI=1S/C7H8Cl2/c1-5-4-6(8)2-3-7(5)9/h4H,2-3H2,1H3. The van der Waals surface area contributed by atoms with E-state index in [1.807, 2.05) is 13.0 Å². The Kier molecular flexibility index (Phi) is 2.20. The molecule has 1 aliphatic carbocycles. The number of hydrogen-bond donors (Lipinski definition) is 0. The zero-order valence-electron chi connectivity index (χ0n) is 5.25. The van der Waals surface area contributed by atoms with Gasteiger partial charge in [0.25, 0.3) is 0 Å². The summed E-state index contributed by atoms with van der Waals surface area (Å²) in [4.78, 5) is 0. The van der Waals surface area contributed by atoms with E-state index >= 15 is 0 Å². The van der Waals surface area contributed by atoms with Gasteiger partial charge >= 0.3 is 0 Å². The Morgan fingerprint density at radius 2 is 2.00 bits per heavy atom. The van der Waals surface area contributed by atoms with E-state index in [2.05, 4.69) is 0 Å². The van der Waals surface area contributed by atoms with Crippen LogP contribution in [0.1, 0.15) is 19.8 Å². The highest BCUT2D eigenvalue weighted by molar-refractivity contribution is 6.32. The summed E-state index contributed by atoms with van der Waals surface area (Å²) in [5.74, 6) is 0. The maximum absolute atomic E-state index is 5.81. The van der Waals surface area contributed by atoms with Crippen LogP contribution in [-0.4, -0.2) is 0 Å². The van der Waals surface area contributed by atoms with E-state index in [-0.39, 0.29) is 0 Å². The molecule has 50 valence electrons. The summed E-state index contributed by atoms with van der Waals surface area (Å²) in [7, 11) is 0. The topological polar surface area (TPSA) is 0 Å². The summed E-state index contributed by atoms with van der Waals surface area (Å²) in [6, 6.07) is 0. The first-order valence-corrected chi connectivity index (χ1v) is 3.67. The Bertz CT molecular complexity index is 177. The number of rotatable bonds is 0. The zero-order valence-corrected chi connectivity index (χ0v) is 6.76. The van der Waals surface area contributed by atoms with Gasteiger partial charge in [0, 0.05) is 10.1 Å². The average Bonchev–Trinajstić information content (AvgIpc) is 1.80. The van der Waals surface area contributed by atoms with Gasteiger partial charge in [-0.25, -0.2) is 0 Å². The Morgan fingerprint density at radius 3 is 2.44 bits per heavy atom. The lowest BCUT2D eigenvalue weighted by Gasteiger charge is -2.07. The largest absolute Gasteiger partial charge is 0.0891 e. The van der Waals surface area contributed by atoms with E-state index in [1.54, 1.807) is 0 Å². The van der Waals surface area contributed by atoms with Crippen LogP contribution < -0.4 is 0 Å². The van der Waals surface area contributed by atoms with E-state index in [1.165, 1.54) is 0 Å². The molecule has 9 heavy (non-hydrogen) atoms. The predicted octanol–water partition coefficient (Wildman–Crippen LogP) is 3.42. The average molecular weight is 163 g/mol. The lowest BCUT2D eigenvalue weighted by Crippen LogP contribution is -1.87. The van der Waals surface area contributed by atoms with Gasteiger partial charge in [0.1, 0.15) is 0 Å². The van der Waals surface area contributed by atoms with Gasteiger partial charge in [0.15, 0.2) is 0 Å². The molecule has 1 aliphatic rings. The molecular formula is C7H8Cl2. The second-order valence-corrected chi connectivity index (χ2v) is 3.12. The van der Waals surface area contributed by atoms with Crippen molar-refractivity contribution in [3.63, 3.8) is 0 Å². The summed E-state index contributed by atoms with van der Waals surface area (Å²) in [6.07, 6.45) is 3.73. The van der Waals surface area contributed by atoms with E-state index in [4.69, 9.17) is 23.2 Å². The van der Waals surface area contributed by atoms with Crippen molar-refractivity contribution in [2.24, 2.45) is 0 Å². The summed E-state index contributed by atoms with van der Waals surface area (Å²) in [6.45, 7) is 1.98. The van der Waals surface area contributed by atoms with Crippen molar-refractivity contribution < 1.29 is 0 Å². The quantitative estimate of drug-likeness (QED) is 0.513. The Balaban J connectivity index is 2.83. The molecule has 0 saturated carbocycles. The van der Waals surface area contributed by atoms with E-state index in [0.717, 1.165) is 28.5 Å². The van der Waals surface area contributed by atoms with Crippen molar-refractivity contribution >= 4 is 23.2 Å². The van der Waals surface area contributed by atoms with Crippen molar-refractivity contribution in [1.29, 1.82) is 0 Å². The minimum absolute atomic E-state index is 0.901. The number of hydrogen-bond acceptors (Lipinski definition) is 0. The second-order valence-electron chi connectivity index (χ2n) is 2.18. The Hall–Kier alpha value is 0.0600. The highest BCUT2D eigenvalue weighted by Crippen LogP contribution is 2.27. The van der Waals surface area contributed by atoms with Gasteiger partial charge in [0.05, 0.1) is 0 Å². The molecule has 0 amide bonds. The van der Waals surface area contributed by atoms with E-state index in [0.29, 0.717) is 0 Å². The smallest absolute Gasteiger partial charge is 0.0214 e. The number of allylic oxidation sites excluding steroid dienone is 4. The Morgan fingerprint density at radius 1 is 1.33 bits per heavy atom. The highest BCUT2D eigenvalue weighted by Gasteiger charge is 2.05. The van der Waals surface area contributed by atoms with Crippen LogP contribution in [0.25, 0.3) is 0 Å². The fourth-order valence-electron chi connectivity index (χ4n) is 0.812. The molecule has 0 aromatic rings. The monoisotopic (exact) mass is 162 g/mol. The van der Waals surface area contributed by atoms with Crippen LogP contribution >= 0.6 is 23.2 Å². The molecule has 0 saturated heterocycles. The molecule has 0 unspecified atom stereocenters. The minimum atomic E-state index is 0.901. The van der Waals surface area contributed by atoms with Crippen LogP contribution in [0.5, 0.6) is 0 Å². The first-order chi connectivity index (χ1) is 4.20. The van der Waals surface area contributed by atoms with Crippen LogP contribution in [0, 0.1) is 0 Å². The molecule has 0 bridgehead atoms. The molecule has 0 N–H and O–H groups in total. The highest BCUT2D eigenvalue weighted by atomic mass is 35.5. The first kappa shape index (κ1) is 7.17. The van der Waals surface area contributed by atoms with Gasteiger partial charge in [-0.2, -0.15) is 0 Å². The molecule has 0 aromatic heterocycles. The molecule has 2 heteroatoms. The van der Waals surface area contributed by atoms with Crippen molar-refractivity contribution in [1.82, 2.24) is 0 Å². The Labute approximate surface area is 65.2 Å². The summed E-state index contributed by atoms with van der Waals surface area (Å²) < 4.78 is 0. The molecular weight excluding hydrogens is 155 g/mol. The van der Waals surface area contributed by atoms with Crippen molar-refractivity contribution in [3.05, 3.63) is 21.7 Å². The molecule has 0 aromatic carbocycles. The van der Waals surface area contributed by atoms with Gasteiger partial charge in [-0.3, -0.25) is 0 Å². The van der Waals surface area contributed by atoms with Gasteiger partial charge in [-0.1, -0.05) is 23.2 Å². The van der Waals surface area contributed by atoms with Crippen LogP contribution in [0.3, 0.4) is 0 Å². The SMILES string of the molecule is CC1=C(Cl)CCC(Cl)=C1. The van der Waals surface area contributed by atoms with Crippen molar-refractivity contribution in [3.8, 4) is 0 Å². The van der Waals surface area contributed by atoms with Crippen molar-refractivity contribution in [2.75, 3.05) is 0 Å². The molecule has 0 aliphatic heterocycles. The fraction of sp³-hybridized carbons (Fsp3) is 0.429. The maximum Gasteiger partial charge on any atom is 0.0214 e. The van der Waals surface area contributed by atoms with Crippen LogP contribution in [0.4, 0.5) is 0 Å². The maximum atomic E-state index is 5.81. The van der Waals surface area contributed by atoms with Crippen LogP contribution in [0.2, 0.25) is 0 Å². The molecule has 0 spiro atoms. The van der Waals surface area contributed by atoms with Gasteiger partial charge < -0.3 is 0 Å². The third-order valence-electron chi connectivity index (χ3n) is 1.38. The van der Waals surface area contributed by atoms with Crippen molar-refractivity contribution in [2.45, 2.75) is 19.8 Å². The number of halogens is 2. The lowest BCUT2D eigenvalue weighted by molar-refractivity contribution is 0.979. The second kappa shape index (κ2) is 2.76. The fourth-order valence-corrected chi connectivity index (χ4v) is 1.22. The van der Waals surface area contributed by atoms with Gasteiger partial charge in [0.2, 0.25) is 0 Å². The third kappa shape index (κ3) is 1.74. The minimum Gasteiger partial charge on any atom is -0.0891 e. The lowest BCUT2D eigenvalue weighted by atomic mass is 10.1. The molecule has 0 nitrogen and oxygen atoms in total. The summed E-state index contributed by atoms with van der Waals surface area (Å²) in [5, 5.41) is 1.86. The molecule has 0 atom stereocenters. The molecule has 0 radical (unpaired) electrons. The van der Waals surface area contributed by atoms with E-state index in [9.17, 15) is 0 Å². The third-order valence-corrected chi connectivity index (χ3v) is 2.17. The van der Waals surface area contributed by atoms with Crippen LogP contribution in [0.15, 0.2) is 21.7 Å². The predicted molar refractivity (Wildman–Crippen MR) is 41.7 cm³/mol. The summed E-state index contributed by atoms with van der Waals surface area (Å²) >= 11 is 11.6.